The monoisotopic (exact) mass is 242 g/mol. The minimum atomic E-state index is -0.242. The largest absolute Gasteiger partial charge is 0.466 e. The fraction of sp³-hybridized carbons (Fsp3) is 0.846. The first-order chi connectivity index (χ1) is 8.00. The van der Waals surface area contributed by atoms with Crippen molar-refractivity contribution in [1.29, 1.82) is 0 Å². The summed E-state index contributed by atoms with van der Waals surface area (Å²) >= 11 is 0. The Balaban J connectivity index is 2.50. The zero-order valence-electron chi connectivity index (χ0n) is 10.9. The van der Waals surface area contributed by atoms with Crippen molar-refractivity contribution in [2.75, 3.05) is 13.2 Å². The molecule has 0 saturated heterocycles. The van der Waals surface area contributed by atoms with Gasteiger partial charge in [-0.1, -0.05) is 19.8 Å². The Morgan fingerprint density at radius 1 is 1.06 bits per heavy atom. The van der Waals surface area contributed by atoms with Crippen LogP contribution in [0.2, 0.25) is 0 Å². The lowest BCUT2D eigenvalue weighted by molar-refractivity contribution is -0.148. The van der Waals surface area contributed by atoms with E-state index in [4.69, 9.17) is 9.47 Å². The third-order valence-electron chi connectivity index (χ3n) is 3.55. The highest BCUT2D eigenvalue weighted by atomic mass is 16.5. The highest BCUT2D eigenvalue weighted by molar-refractivity contribution is 5.66. The molecule has 0 N–H and O–H groups in total. The number of rotatable bonds is 4. The van der Waals surface area contributed by atoms with Crippen LogP contribution in [-0.4, -0.2) is 25.2 Å². The van der Waals surface area contributed by atoms with Gasteiger partial charge in [-0.3, -0.25) is 9.59 Å². The lowest BCUT2D eigenvalue weighted by atomic mass is 9.73. The lowest BCUT2D eigenvalue weighted by Crippen LogP contribution is -2.34. The molecule has 1 aliphatic rings. The summed E-state index contributed by atoms with van der Waals surface area (Å²) < 4.78 is 10.2. The fourth-order valence-electron chi connectivity index (χ4n) is 2.54. The van der Waals surface area contributed by atoms with Crippen LogP contribution in [0.5, 0.6) is 0 Å². The third-order valence-corrected chi connectivity index (χ3v) is 3.55. The van der Waals surface area contributed by atoms with Gasteiger partial charge in [0.15, 0.2) is 0 Å². The second-order valence-electron chi connectivity index (χ2n) is 4.94. The Morgan fingerprint density at radius 3 is 2.24 bits per heavy atom. The predicted molar refractivity (Wildman–Crippen MR) is 63.3 cm³/mol. The number of ether oxygens (including phenoxy) is 2. The molecule has 0 aromatic rings. The maximum atomic E-state index is 10.9. The van der Waals surface area contributed by atoms with Crippen LogP contribution >= 0.6 is 0 Å². The summed E-state index contributed by atoms with van der Waals surface area (Å²) in [4.78, 5) is 21.7. The standard InChI is InChI=1S/C13H22O4/c1-9-5-4-6-12(7-16-10(2)14)13(9)8-17-11(3)15/h9,12-13H,4-8H2,1-3H3. The molecule has 0 aromatic heterocycles. The van der Waals surface area contributed by atoms with E-state index in [1.165, 1.54) is 13.8 Å². The van der Waals surface area contributed by atoms with Gasteiger partial charge in [-0.2, -0.15) is 0 Å². The molecule has 0 radical (unpaired) electrons. The average molecular weight is 242 g/mol. The maximum absolute atomic E-state index is 10.9. The molecule has 17 heavy (non-hydrogen) atoms. The van der Waals surface area contributed by atoms with Crippen LogP contribution in [0.15, 0.2) is 0 Å². The quantitative estimate of drug-likeness (QED) is 0.709. The molecule has 98 valence electrons. The van der Waals surface area contributed by atoms with E-state index in [0.29, 0.717) is 31.0 Å². The zero-order chi connectivity index (χ0) is 12.8. The van der Waals surface area contributed by atoms with Gasteiger partial charge < -0.3 is 9.47 Å². The summed E-state index contributed by atoms with van der Waals surface area (Å²) in [5.74, 6) is 0.668. The Morgan fingerprint density at radius 2 is 1.65 bits per heavy atom. The van der Waals surface area contributed by atoms with Crippen LogP contribution < -0.4 is 0 Å². The molecule has 1 rings (SSSR count). The van der Waals surface area contributed by atoms with E-state index in [1.807, 2.05) is 0 Å². The van der Waals surface area contributed by atoms with Gasteiger partial charge in [0.1, 0.15) is 0 Å². The first-order valence-corrected chi connectivity index (χ1v) is 6.27. The van der Waals surface area contributed by atoms with Gasteiger partial charge in [0, 0.05) is 19.8 Å². The number of hydrogen-bond donors (Lipinski definition) is 0. The lowest BCUT2D eigenvalue weighted by Gasteiger charge is -2.35. The summed E-state index contributed by atoms with van der Waals surface area (Å²) in [6.07, 6.45) is 3.36. The molecule has 0 aromatic carbocycles. The second-order valence-corrected chi connectivity index (χ2v) is 4.94. The van der Waals surface area contributed by atoms with Crippen molar-refractivity contribution >= 4 is 11.9 Å². The average Bonchev–Trinajstić information content (AvgIpc) is 2.24. The Bertz CT molecular complexity index is 275. The van der Waals surface area contributed by atoms with Gasteiger partial charge in [0.05, 0.1) is 13.2 Å². The second kappa shape index (κ2) is 6.62. The number of carbonyl (C=O) groups excluding carboxylic acids is 2. The summed E-state index contributed by atoms with van der Waals surface area (Å²) in [5, 5.41) is 0. The fourth-order valence-corrected chi connectivity index (χ4v) is 2.54. The highest BCUT2D eigenvalue weighted by Gasteiger charge is 2.32. The van der Waals surface area contributed by atoms with Crippen molar-refractivity contribution in [2.24, 2.45) is 17.8 Å². The Hall–Kier alpha value is -1.06. The summed E-state index contributed by atoms with van der Waals surface area (Å²) in [5.41, 5.74) is 0. The van der Waals surface area contributed by atoms with E-state index in [9.17, 15) is 9.59 Å². The van der Waals surface area contributed by atoms with Gasteiger partial charge in [0.25, 0.3) is 0 Å². The first kappa shape index (κ1) is 14.0. The number of carbonyl (C=O) groups is 2. The van der Waals surface area contributed by atoms with Gasteiger partial charge in [-0.15, -0.1) is 0 Å². The smallest absolute Gasteiger partial charge is 0.302 e. The molecule has 1 saturated carbocycles. The Kier molecular flexibility index (Phi) is 5.45. The topological polar surface area (TPSA) is 52.6 Å². The summed E-state index contributed by atoms with van der Waals surface area (Å²) in [6, 6.07) is 0. The minimum Gasteiger partial charge on any atom is -0.466 e. The minimum absolute atomic E-state index is 0.241. The molecule has 1 aliphatic carbocycles. The van der Waals surface area contributed by atoms with Gasteiger partial charge in [-0.25, -0.2) is 0 Å². The molecule has 4 nitrogen and oxygen atoms in total. The van der Waals surface area contributed by atoms with Crippen LogP contribution in [0.25, 0.3) is 0 Å². The van der Waals surface area contributed by atoms with Crippen molar-refractivity contribution in [3.05, 3.63) is 0 Å². The number of esters is 2. The predicted octanol–water partition coefficient (Wildman–Crippen LogP) is 2.17. The van der Waals surface area contributed by atoms with Crippen LogP contribution in [0, 0.1) is 17.8 Å². The molecule has 3 atom stereocenters. The van der Waals surface area contributed by atoms with Gasteiger partial charge in [0.2, 0.25) is 0 Å². The van der Waals surface area contributed by atoms with E-state index in [0.717, 1.165) is 19.3 Å². The van der Waals surface area contributed by atoms with E-state index < -0.39 is 0 Å². The molecule has 0 amide bonds. The van der Waals surface area contributed by atoms with E-state index >= 15 is 0 Å². The number of hydrogen-bond acceptors (Lipinski definition) is 4. The molecular weight excluding hydrogens is 220 g/mol. The molecule has 0 heterocycles. The molecule has 4 heteroatoms. The molecule has 1 fully saturated rings. The van der Waals surface area contributed by atoms with Crippen molar-refractivity contribution < 1.29 is 19.1 Å². The zero-order valence-corrected chi connectivity index (χ0v) is 10.9. The highest BCUT2D eigenvalue weighted by Crippen LogP contribution is 2.35. The van der Waals surface area contributed by atoms with Crippen LogP contribution in [0.1, 0.15) is 40.0 Å². The van der Waals surface area contributed by atoms with Crippen LogP contribution in [-0.2, 0) is 19.1 Å². The molecule has 0 bridgehead atoms. The third kappa shape index (κ3) is 4.75. The molecule has 3 unspecified atom stereocenters. The van der Waals surface area contributed by atoms with E-state index in [2.05, 4.69) is 6.92 Å². The van der Waals surface area contributed by atoms with Gasteiger partial charge >= 0.3 is 11.9 Å². The SMILES string of the molecule is CC(=O)OCC1CCCC(C)C1COC(C)=O. The molecule has 0 aliphatic heterocycles. The van der Waals surface area contributed by atoms with Crippen LogP contribution in [0.3, 0.4) is 0 Å². The summed E-state index contributed by atoms with van der Waals surface area (Å²) in [6.45, 7) is 5.92. The van der Waals surface area contributed by atoms with E-state index in [-0.39, 0.29) is 11.9 Å². The maximum Gasteiger partial charge on any atom is 0.302 e. The van der Waals surface area contributed by atoms with Crippen molar-refractivity contribution in [3.8, 4) is 0 Å². The first-order valence-electron chi connectivity index (χ1n) is 6.27. The van der Waals surface area contributed by atoms with Crippen molar-refractivity contribution in [2.45, 2.75) is 40.0 Å². The molecule has 0 spiro atoms. The molecular formula is C13H22O4. The normalized spacial score (nSPS) is 28.5. The van der Waals surface area contributed by atoms with Crippen molar-refractivity contribution in [1.82, 2.24) is 0 Å². The summed E-state index contributed by atoms with van der Waals surface area (Å²) in [7, 11) is 0. The van der Waals surface area contributed by atoms with Crippen molar-refractivity contribution in [3.63, 3.8) is 0 Å². The van der Waals surface area contributed by atoms with Crippen LogP contribution in [0.4, 0.5) is 0 Å². The van der Waals surface area contributed by atoms with E-state index in [1.54, 1.807) is 0 Å². The van der Waals surface area contributed by atoms with Gasteiger partial charge in [-0.05, 0) is 18.3 Å². The Labute approximate surface area is 103 Å².